The predicted octanol–water partition coefficient (Wildman–Crippen LogP) is 2.58. The monoisotopic (exact) mass is 354 g/mol. The zero-order valence-corrected chi connectivity index (χ0v) is 13.8. The van der Waals surface area contributed by atoms with Crippen LogP contribution in [0.2, 0.25) is 0 Å². The third kappa shape index (κ3) is 4.15. The Morgan fingerprint density at radius 1 is 1.12 bits per heavy atom. The molecule has 24 heavy (non-hydrogen) atoms. The number of hydrogen-bond donors (Lipinski definition) is 2. The lowest BCUT2D eigenvalue weighted by Gasteiger charge is -2.15. The summed E-state index contributed by atoms with van der Waals surface area (Å²) >= 11 is 0. The summed E-state index contributed by atoms with van der Waals surface area (Å²) < 4.78 is 53.4. The third-order valence-corrected chi connectivity index (χ3v) is 4.98. The first-order valence-electron chi connectivity index (χ1n) is 7.04. The molecule has 0 saturated heterocycles. The number of amides is 1. The summed E-state index contributed by atoms with van der Waals surface area (Å²) in [5.74, 6) is -1.91. The molecular formula is C16H16F2N2O3S. The van der Waals surface area contributed by atoms with Crippen LogP contribution in [0.25, 0.3) is 0 Å². The maximum absolute atomic E-state index is 13.5. The summed E-state index contributed by atoms with van der Waals surface area (Å²) in [6.07, 6.45) is 0. The topological polar surface area (TPSA) is 75.3 Å². The summed E-state index contributed by atoms with van der Waals surface area (Å²) in [6, 6.07) is 7.60. The Morgan fingerprint density at radius 3 is 2.42 bits per heavy atom. The molecule has 2 aromatic carbocycles. The summed E-state index contributed by atoms with van der Waals surface area (Å²) in [6.45, 7) is 2.77. The number of para-hydroxylation sites is 1. The Bertz CT molecular complexity index is 869. The zero-order valence-electron chi connectivity index (χ0n) is 13.0. The Morgan fingerprint density at radius 2 is 1.79 bits per heavy atom. The Kier molecular flexibility index (Phi) is 5.30. The average Bonchev–Trinajstić information content (AvgIpc) is 2.48. The molecule has 0 aliphatic heterocycles. The normalized spacial score (nSPS) is 12.7. The molecule has 2 N–H and O–H groups in total. The molecule has 1 unspecified atom stereocenters. The van der Waals surface area contributed by atoms with E-state index in [2.05, 4.69) is 10.0 Å². The van der Waals surface area contributed by atoms with Crippen LogP contribution in [0.3, 0.4) is 0 Å². The lowest BCUT2D eigenvalue weighted by Crippen LogP contribution is -2.41. The minimum absolute atomic E-state index is 0.0495. The highest BCUT2D eigenvalue weighted by Gasteiger charge is 2.24. The van der Waals surface area contributed by atoms with Crippen molar-refractivity contribution in [1.82, 2.24) is 4.72 Å². The Balaban J connectivity index is 2.14. The van der Waals surface area contributed by atoms with Gasteiger partial charge >= 0.3 is 0 Å². The van der Waals surface area contributed by atoms with Crippen LogP contribution >= 0.6 is 0 Å². The smallest absolute Gasteiger partial charge is 0.242 e. The number of anilines is 1. The zero-order chi connectivity index (χ0) is 17.9. The van der Waals surface area contributed by atoms with E-state index in [1.165, 1.54) is 38.1 Å². The summed E-state index contributed by atoms with van der Waals surface area (Å²) in [7, 11) is -4.03. The van der Waals surface area contributed by atoms with Crippen molar-refractivity contribution >= 4 is 21.6 Å². The molecule has 0 saturated carbocycles. The number of sulfonamides is 1. The molecule has 0 spiro atoms. The van der Waals surface area contributed by atoms with E-state index >= 15 is 0 Å². The van der Waals surface area contributed by atoms with Crippen molar-refractivity contribution in [2.45, 2.75) is 24.8 Å². The van der Waals surface area contributed by atoms with Gasteiger partial charge in [-0.2, -0.15) is 4.72 Å². The molecule has 128 valence electrons. The first kappa shape index (κ1) is 18.0. The first-order chi connectivity index (χ1) is 11.2. The van der Waals surface area contributed by atoms with Crippen molar-refractivity contribution < 1.29 is 22.0 Å². The maximum Gasteiger partial charge on any atom is 0.242 e. The first-order valence-corrected chi connectivity index (χ1v) is 8.53. The number of halogens is 2. The molecule has 0 fully saturated rings. The van der Waals surface area contributed by atoms with Gasteiger partial charge in [-0.1, -0.05) is 12.1 Å². The number of nitrogens with one attached hydrogen (secondary N) is 2. The standard InChI is InChI=1S/C16H16F2N2O3S/c1-10-9-12(17)7-8-15(10)24(22,23)20-11(2)16(21)19-14-6-4-3-5-13(14)18/h3-9,11,20H,1-2H3,(H,19,21). The van der Waals surface area contributed by atoms with Gasteiger partial charge in [0.1, 0.15) is 11.6 Å². The van der Waals surface area contributed by atoms with Gasteiger partial charge in [0.15, 0.2) is 0 Å². The molecule has 2 aromatic rings. The summed E-state index contributed by atoms with van der Waals surface area (Å²) in [5.41, 5.74) is 0.163. The highest BCUT2D eigenvalue weighted by Crippen LogP contribution is 2.17. The van der Waals surface area contributed by atoms with Crippen LogP contribution in [0.4, 0.5) is 14.5 Å². The lowest BCUT2D eigenvalue weighted by atomic mass is 10.2. The number of carbonyl (C=O) groups excluding carboxylic acids is 1. The van der Waals surface area contributed by atoms with Crippen molar-refractivity contribution in [3.05, 3.63) is 59.7 Å². The molecule has 0 radical (unpaired) electrons. The van der Waals surface area contributed by atoms with Crippen LogP contribution < -0.4 is 10.0 Å². The number of aryl methyl sites for hydroxylation is 1. The van der Waals surface area contributed by atoms with Gasteiger partial charge in [-0.25, -0.2) is 17.2 Å². The van der Waals surface area contributed by atoms with Crippen LogP contribution in [0.5, 0.6) is 0 Å². The molecule has 0 heterocycles. The minimum atomic E-state index is -4.03. The number of hydrogen-bond acceptors (Lipinski definition) is 3. The average molecular weight is 354 g/mol. The number of benzene rings is 2. The molecule has 0 bridgehead atoms. The van der Waals surface area contributed by atoms with Gasteiger partial charge in [-0.15, -0.1) is 0 Å². The predicted molar refractivity (Wildman–Crippen MR) is 86.0 cm³/mol. The van der Waals surface area contributed by atoms with E-state index in [1.54, 1.807) is 0 Å². The van der Waals surface area contributed by atoms with E-state index in [9.17, 15) is 22.0 Å². The van der Waals surface area contributed by atoms with Crippen molar-refractivity contribution in [3.63, 3.8) is 0 Å². The summed E-state index contributed by atoms with van der Waals surface area (Å²) in [5, 5.41) is 2.31. The van der Waals surface area contributed by atoms with Crippen LogP contribution in [0.15, 0.2) is 47.4 Å². The molecule has 0 aliphatic carbocycles. The van der Waals surface area contributed by atoms with E-state index in [1.807, 2.05) is 0 Å². The van der Waals surface area contributed by atoms with E-state index in [0.29, 0.717) is 0 Å². The van der Waals surface area contributed by atoms with Crippen LogP contribution in [-0.2, 0) is 14.8 Å². The van der Waals surface area contributed by atoms with Gasteiger partial charge in [0, 0.05) is 0 Å². The Labute approximate surface area is 138 Å². The quantitative estimate of drug-likeness (QED) is 0.867. The van der Waals surface area contributed by atoms with Crippen molar-refractivity contribution in [1.29, 1.82) is 0 Å². The molecule has 5 nitrogen and oxygen atoms in total. The lowest BCUT2D eigenvalue weighted by molar-refractivity contribution is -0.117. The molecule has 8 heteroatoms. The van der Waals surface area contributed by atoms with Gasteiger partial charge in [-0.05, 0) is 49.7 Å². The fraction of sp³-hybridized carbons (Fsp3) is 0.188. The van der Waals surface area contributed by atoms with Gasteiger partial charge in [0.25, 0.3) is 0 Å². The van der Waals surface area contributed by atoms with E-state index in [-0.39, 0.29) is 16.1 Å². The van der Waals surface area contributed by atoms with Crippen molar-refractivity contribution in [2.24, 2.45) is 0 Å². The van der Waals surface area contributed by atoms with Crippen LogP contribution in [0, 0.1) is 18.6 Å². The van der Waals surface area contributed by atoms with E-state index < -0.39 is 33.6 Å². The fourth-order valence-corrected chi connectivity index (χ4v) is 3.50. The van der Waals surface area contributed by atoms with Crippen molar-refractivity contribution in [3.8, 4) is 0 Å². The molecule has 0 aromatic heterocycles. The largest absolute Gasteiger partial charge is 0.322 e. The highest BCUT2D eigenvalue weighted by molar-refractivity contribution is 7.89. The van der Waals surface area contributed by atoms with Gasteiger partial charge in [0.05, 0.1) is 16.6 Å². The van der Waals surface area contributed by atoms with E-state index in [0.717, 1.165) is 18.2 Å². The second kappa shape index (κ2) is 7.06. The van der Waals surface area contributed by atoms with Gasteiger partial charge in [0.2, 0.25) is 15.9 Å². The molecule has 1 atom stereocenters. The number of carbonyl (C=O) groups is 1. The molecule has 0 aliphatic rings. The van der Waals surface area contributed by atoms with Crippen LogP contribution in [-0.4, -0.2) is 20.4 Å². The number of rotatable bonds is 5. The van der Waals surface area contributed by atoms with E-state index in [4.69, 9.17) is 0 Å². The summed E-state index contributed by atoms with van der Waals surface area (Å²) in [4.78, 5) is 11.9. The van der Waals surface area contributed by atoms with Gasteiger partial charge in [-0.3, -0.25) is 4.79 Å². The maximum atomic E-state index is 13.5. The van der Waals surface area contributed by atoms with Crippen LogP contribution in [0.1, 0.15) is 12.5 Å². The molecular weight excluding hydrogens is 338 g/mol. The molecule has 2 rings (SSSR count). The third-order valence-electron chi connectivity index (χ3n) is 3.28. The highest BCUT2D eigenvalue weighted by atomic mass is 32.2. The van der Waals surface area contributed by atoms with Crippen molar-refractivity contribution in [2.75, 3.05) is 5.32 Å². The van der Waals surface area contributed by atoms with Gasteiger partial charge < -0.3 is 5.32 Å². The second-order valence-corrected chi connectivity index (χ2v) is 6.90. The SMILES string of the molecule is Cc1cc(F)ccc1S(=O)(=O)NC(C)C(=O)Nc1ccccc1F. The molecule has 1 amide bonds. The fourth-order valence-electron chi connectivity index (χ4n) is 2.07. The Hall–Kier alpha value is -2.32. The minimum Gasteiger partial charge on any atom is -0.322 e. The second-order valence-electron chi connectivity index (χ2n) is 5.22.